The molecular formula is C18H10N2O5S. The first kappa shape index (κ1) is 15.0. The van der Waals surface area contributed by atoms with Crippen LogP contribution in [0.25, 0.3) is 16.6 Å². The summed E-state index contributed by atoms with van der Waals surface area (Å²) in [6.45, 7) is 0.135. The number of fused-ring (bicyclic) bond motifs is 2. The van der Waals surface area contributed by atoms with Crippen molar-refractivity contribution in [2.24, 2.45) is 0 Å². The summed E-state index contributed by atoms with van der Waals surface area (Å²) >= 11 is 1.13. The minimum atomic E-state index is -0.653. The number of ether oxygens (including phenoxy) is 3. The molecule has 8 heteroatoms. The van der Waals surface area contributed by atoms with Crippen LogP contribution in [0, 0.1) is 0 Å². The van der Waals surface area contributed by atoms with Gasteiger partial charge in [-0.05, 0) is 35.4 Å². The van der Waals surface area contributed by atoms with E-state index in [1.54, 1.807) is 18.2 Å². The molecular weight excluding hydrogens is 356 g/mol. The highest BCUT2D eigenvalue weighted by Crippen LogP contribution is 2.37. The van der Waals surface area contributed by atoms with Gasteiger partial charge in [0.05, 0.1) is 22.9 Å². The summed E-state index contributed by atoms with van der Waals surface area (Å²) in [5.41, 5.74) is 3.55. The van der Waals surface area contributed by atoms with E-state index in [2.05, 4.69) is 8.75 Å². The molecule has 5 rings (SSSR count). The third kappa shape index (κ3) is 2.34. The van der Waals surface area contributed by atoms with Crippen molar-refractivity contribution in [3.8, 4) is 11.5 Å². The van der Waals surface area contributed by atoms with Crippen molar-refractivity contribution in [3.05, 3.63) is 53.1 Å². The lowest BCUT2D eigenvalue weighted by atomic mass is 9.96. The van der Waals surface area contributed by atoms with Gasteiger partial charge in [-0.25, -0.2) is 9.59 Å². The second-order valence-corrected chi connectivity index (χ2v) is 6.39. The van der Waals surface area contributed by atoms with Crippen molar-refractivity contribution in [3.63, 3.8) is 0 Å². The number of cyclic esters (lactones) is 2. The fourth-order valence-electron chi connectivity index (χ4n) is 3.07. The second kappa shape index (κ2) is 5.63. The van der Waals surface area contributed by atoms with Crippen molar-refractivity contribution in [2.75, 3.05) is 6.79 Å². The molecule has 1 aromatic heterocycles. The molecule has 2 aliphatic rings. The first-order valence-corrected chi connectivity index (χ1v) is 8.53. The molecule has 0 N–H and O–H groups in total. The Morgan fingerprint density at radius 1 is 0.923 bits per heavy atom. The Hall–Kier alpha value is -3.26. The standard InChI is InChI=1S/C18H10N2O5S/c21-17-11(5-9-1-3-12-13(6-9)20-26-19-12)16(18(22)25-17)10-2-4-14-15(7-10)24-8-23-14/h1-4,6-7H,5,8H2. The number of benzene rings is 2. The first-order chi connectivity index (χ1) is 12.7. The Labute approximate surface area is 151 Å². The van der Waals surface area contributed by atoms with Crippen LogP contribution in [0.1, 0.15) is 11.1 Å². The van der Waals surface area contributed by atoms with Crippen molar-refractivity contribution in [1.82, 2.24) is 8.75 Å². The molecule has 0 saturated carbocycles. The zero-order valence-electron chi connectivity index (χ0n) is 13.2. The smallest absolute Gasteiger partial charge is 0.347 e. The van der Waals surface area contributed by atoms with E-state index in [4.69, 9.17) is 14.2 Å². The Kier molecular flexibility index (Phi) is 3.26. The molecule has 0 fully saturated rings. The molecule has 0 radical (unpaired) electrons. The van der Waals surface area contributed by atoms with Crippen LogP contribution in [-0.4, -0.2) is 27.5 Å². The van der Waals surface area contributed by atoms with Gasteiger partial charge in [-0.1, -0.05) is 12.1 Å². The lowest BCUT2D eigenvalue weighted by molar-refractivity contribution is -0.150. The van der Waals surface area contributed by atoms with E-state index < -0.39 is 11.9 Å². The molecule has 0 amide bonds. The third-order valence-corrected chi connectivity index (χ3v) is 4.85. The molecule has 3 heterocycles. The van der Waals surface area contributed by atoms with E-state index >= 15 is 0 Å². The van der Waals surface area contributed by atoms with Gasteiger partial charge >= 0.3 is 11.9 Å². The van der Waals surface area contributed by atoms with Crippen molar-refractivity contribution in [2.45, 2.75) is 6.42 Å². The summed E-state index contributed by atoms with van der Waals surface area (Å²) in [5, 5.41) is 0. The average molecular weight is 366 g/mol. The highest BCUT2D eigenvalue weighted by atomic mass is 32.1. The molecule has 0 saturated heterocycles. The number of rotatable bonds is 3. The number of carbonyl (C=O) groups is 2. The number of carbonyl (C=O) groups excluding carboxylic acids is 2. The molecule has 0 aliphatic carbocycles. The maximum atomic E-state index is 12.3. The highest BCUT2D eigenvalue weighted by molar-refractivity contribution is 7.00. The largest absolute Gasteiger partial charge is 0.454 e. The van der Waals surface area contributed by atoms with Crippen LogP contribution >= 0.6 is 11.7 Å². The van der Waals surface area contributed by atoms with Gasteiger partial charge in [-0.15, -0.1) is 0 Å². The number of nitrogens with zero attached hydrogens (tertiary/aromatic N) is 2. The number of esters is 2. The molecule has 2 aromatic carbocycles. The van der Waals surface area contributed by atoms with Gasteiger partial charge in [0.2, 0.25) is 6.79 Å². The van der Waals surface area contributed by atoms with Gasteiger partial charge in [0.15, 0.2) is 11.5 Å². The monoisotopic (exact) mass is 366 g/mol. The van der Waals surface area contributed by atoms with Gasteiger partial charge in [0.25, 0.3) is 0 Å². The summed E-state index contributed by atoms with van der Waals surface area (Å²) in [6, 6.07) is 10.7. The van der Waals surface area contributed by atoms with Gasteiger partial charge in [-0.3, -0.25) is 0 Å². The molecule has 128 valence electrons. The lowest BCUT2D eigenvalue weighted by Gasteiger charge is -2.05. The Bertz CT molecular complexity index is 1120. The number of aromatic nitrogens is 2. The van der Waals surface area contributed by atoms with Crippen molar-refractivity contribution in [1.29, 1.82) is 0 Å². The Morgan fingerprint density at radius 3 is 2.69 bits per heavy atom. The summed E-state index contributed by atoms with van der Waals surface area (Å²) in [7, 11) is 0. The number of hydrogen-bond acceptors (Lipinski definition) is 8. The van der Waals surface area contributed by atoms with Crippen LogP contribution in [0.15, 0.2) is 42.0 Å². The maximum absolute atomic E-state index is 12.3. The molecule has 0 unspecified atom stereocenters. The molecule has 0 spiro atoms. The van der Waals surface area contributed by atoms with E-state index in [0.29, 0.717) is 22.6 Å². The van der Waals surface area contributed by atoms with E-state index in [9.17, 15) is 9.59 Å². The first-order valence-electron chi connectivity index (χ1n) is 7.80. The summed E-state index contributed by atoms with van der Waals surface area (Å²) in [6.07, 6.45) is 0.266. The van der Waals surface area contributed by atoms with Crippen LogP contribution < -0.4 is 9.47 Å². The quantitative estimate of drug-likeness (QED) is 0.520. The average Bonchev–Trinajstić information content (AvgIpc) is 3.34. The lowest BCUT2D eigenvalue weighted by Crippen LogP contribution is -2.03. The van der Waals surface area contributed by atoms with Gasteiger partial charge in [0, 0.05) is 6.42 Å². The van der Waals surface area contributed by atoms with E-state index in [1.165, 1.54) is 0 Å². The topological polar surface area (TPSA) is 87.6 Å². The highest BCUT2D eigenvalue weighted by Gasteiger charge is 2.34. The Morgan fingerprint density at radius 2 is 1.77 bits per heavy atom. The van der Waals surface area contributed by atoms with Crippen LogP contribution in [0.2, 0.25) is 0 Å². The van der Waals surface area contributed by atoms with E-state index in [0.717, 1.165) is 28.3 Å². The van der Waals surface area contributed by atoms with Crippen molar-refractivity contribution < 1.29 is 23.8 Å². The zero-order chi connectivity index (χ0) is 17.7. The Balaban J connectivity index is 1.58. The SMILES string of the molecule is O=C1OC(=O)C(c2ccc3c(c2)OCO3)=C1Cc1ccc2nsnc2c1. The van der Waals surface area contributed by atoms with E-state index in [1.807, 2.05) is 18.2 Å². The minimum Gasteiger partial charge on any atom is -0.454 e. The second-order valence-electron chi connectivity index (χ2n) is 5.86. The van der Waals surface area contributed by atoms with Gasteiger partial charge in [0.1, 0.15) is 11.0 Å². The molecule has 7 nitrogen and oxygen atoms in total. The van der Waals surface area contributed by atoms with E-state index in [-0.39, 0.29) is 18.8 Å². The fraction of sp³-hybridized carbons (Fsp3) is 0.111. The maximum Gasteiger partial charge on any atom is 0.347 e. The molecule has 2 aliphatic heterocycles. The summed E-state index contributed by atoms with van der Waals surface area (Å²) in [5.74, 6) is -0.133. The molecule has 0 bridgehead atoms. The van der Waals surface area contributed by atoms with Crippen LogP contribution in [0.4, 0.5) is 0 Å². The normalized spacial score (nSPS) is 15.8. The summed E-state index contributed by atoms with van der Waals surface area (Å²) in [4.78, 5) is 24.5. The van der Waals surface area contributed by atoms with Crippen LogP contribution in [0.3, 0.4) is 0 Å². The predicted molar refractivity (Wildman–Crippen MR) is 91.7 cm³/mol. The minimum absolute atomic E-state index is 0.135. The van der Waals surface area contributed by atoms with Crippen LogP contribution in [0.5, 0.6) is 11.5 Å². The predicted octanol–water partition coefficient (Wildman–Crippen LogP) is 2.50. The third-order valence-electron chi connectivity index (χ3n) is 4.30. The fourth-order valence-corrected chi connectivity index (χ4v) is 3.59. The summed E-state index contributed by atoms with van der Waals surface area (Å²) < 4.78 is 23.9. The van der Waals surface area contributed by atoms with Gasteiger partial charge in [-0.2, -0.15) is 8.75 Å². The molecule has 3 aromatic rings. The number of hydrogen-bond donors (Lipinski definition) is 0. The van der Waals surface area contributed by atoms with Crippen LogP contribution in [-0.2, 0) is 20.7 Å². The zero-order valence-corrected chi connectivity index (χ0v) is 14.0. The van der Waals surface area contributed by atoms with Gasteiger partial charge < -0.3 is 14.2 Å². The van der Waals surface area contributed by atoms with Crippen molar-refractivity contribution >= 4 is 40.3 Å². The molecule has 26 heavy (non-hydrogen) atoms. The molecule has 0 atom stereocenters.